The first-order valence-electron chi connectivity index (χ1n) is 4.99. The van der Waals surface area contributed by atoms with E-state index < -0.39 is 30.7 Å². The number of carbonyl (C=O) groups is 1. The molecule has 0 aliphatic carbocycles. The van der Waals surface area contributed by atoms with Crippen molar-refractivity contribution in [1.82, 2.24) is 9.88 Å². The summed E-state index contributed by atoms with van der Waals surface area (Å²) in [6.07, 6.45) is -3.25. The first-order chi connectivity index (χ1) is 8.19. The van der Waals surface area contributed by atoms with Gasteiger partial charge in [-0.05, 0) is 12.5 Å². The molecule has 0 spiro atoms. The van der Waals surface area contributed by atoms with Crippen LogP contribution < -0.4 is 16.6 Å². The van der Waals surface area contributed by atoms with Gasteiger partial charge in [-0.15, -0.1) is 0 Å². The first kappa shape index (κ1) is 14.1. The number of carbonyl (C=O) groups excluding carboxylic acids is 1. The van der Waals surface area contributed by atoms with E-state index in [1.165, 1.54) is 12.3 Å². The highest BCUT2D eigenvalue weighted by Crippen LogP contribution is 2.12. The highest BCUT2D eigenvalue weighted by Gasteiger charge is 2.27. The molecule has 1 aromatic rings. The number of hydrogen-bond donors (Lipinski definition) is 2. The molecule has 0 aromatic carbocycles. The van der Waals surface area contributed by atoms with Crippen LogP contribution in [0.3, 0.4) is 0 Å². The number of nitrogens with one attached hydrogen (secondary N) is 1. The molecule has 0 aliphatic heterocycles. The van der Waals surface area contributed by atoms with Crippen LogP contribution in [0.25, 0.3) is 0 Å². The molecule has 1 rings (SSSR count). The Labute approximate surface area is 100 Å². The summed E-state index contributed by atoms with van der Waals surface area (Å²) in [5.41, 5.74) is 5.88. The number of pyridine rings is 1. The summed E-state index contributed by atoms with van der Waals surface area (Å²) in [6, 6.07) is 1.21. The zero-order valence-corrected chi connectivity index (χ0v) is 9.54. The van der Waals surface area contributed by atoms with Gasteiger partial charge in [-0.2, -0.15) is 13.2 Å². The minimum absolute atomic E-state index is 0.290. The zero-order valence-electron chi connectivity index (χ0n) is 9.54. The Kier molecular flexibility index (Phi) is 4.00. The van der Waals surface area contributed by atoms with Gasteiger partial charge in [0, 0.05) is 12.3 Å². The second-order valence-corrected chi connectivity index (χ2v) is 3.77. The molecule has 3 N–H and O–H groups in total. The number of halogens is 3. The predicted molar refractivity (Wildman–Crippen MR) is 58.9 cm³/mol. The first-order valence-corrected chi connectivity index (χ1v) is 4.99. The fourth-order valence-electron chi connectivity index (χ4n) is 1.22. The Morgan fingerprint density at radius 2 is 2.11 bits per heavy atom. The second kappa shape index (κ2) is 5.11. The van der Waals surface area contributed by atoms with Crippen molar-refractivity contribution in [1.29, 1.82) is 0 Å². The number of hydrogen-bond acceptors (Lipinski definition) is 3. The van der Waals surface area contributed by atoms with Crippen molar-refractivity contribution < 1.29 is 18.0 Å². The minimum atomic E-state index is -4.48. The number of amides is 1. The average Bonchev–Trinajstić information content (AvgIpc) is 2.22. The molecule has 5 nitrogen and oxygen atoms in total. The molecule has 1 amide bonds. The summed E-state index contributed by atoms with van der Waals surface area (Å²) in [5.74, 6) is -0.905. The molecule has 18 heavy (non-hydrogen) atoms. The van der Waals surface area contributed by atoms with Gasteiger partial charge in [-0.25, -0.2) is 0 Å². The summed E-state index contributed by atoms with van der Waals surface area (Å²) in [4.78, 5) is 22.6. The molecule has 0 unspecified atom stereocenters. The van der Waals surface area contributed by atoms with Crippen LogP contribution in [0.5, 0.6) is 0 Å². The van der Waals surface area contributed by atoms with Gasteiger partial charge in [-0.1, -0.05) is 0 Å². The molecule has 100 valence electrons. The van der Waals surface area contributed by atoms with Crippen molar-refractivity contribution in [3.63, 3.8) is 0 Å². The van der Waals surface area contributed by atoms with Crippen LogP contribution >= 0.6 is 0 Å². The standard InChI is InChI=1S/C10H12F3N3O2/c1-6-2-9(18)16(3-7(6)14)4-8(17)15-5-10(11,12)13/h2-3H,4-5,14H2,1H3,(H,15,17). The predicted octanol–water partition coefficient (Wildman–Crippen LogP) is 0.417. The van der Waals surface area contributed by atoms with Gasteiger partial charge >= 0.3 is 6.18 Å². The number of alkyl halides is 3. The Hall–Kier alpha value is -1.99. The summed E-state index contributed by atoms with van der Waals surface area (Å²) in [7, 11) is 0. The van der Waals surface area contributed by atoms with Crippen LogP contribution in [0.4, 0.5) is 18.9 Å². The maximum Gasteiger partial charge on any atom is 0.405 e. The van der Waals surface area contributed by atoms with Gasteiger partial charge in [0.05, 0.1) is 5.69 Å². The van der Waals surface area contributed by atoms with Crippen molar-refractivity contribution in [2.75, 3.05) is 12.3 Å². The van der Waals surface area contributed by atoms with E-state index in [4.69, 9.17) is 5.73 Å². The zero-order chi connectivity index (χ0) is 13.9. The van der Waals surface area contributed by atoms with Gasteiger partial charge in [0.15, 0.2) is 0 Å². The van der Waals surface area contributed by atoms with E-state index in [9.17, 15) is 22.8 Å². The van der Waals surface area contributed by atoms with E-state index >= 15 is 0 Å². The Bertz CT molecular complexity index is 508. The van der Waals surface area contributed by atoms with Gasteiger partial charge in [0.25, 0.3) is 5.56 Å². The van der Waals surface area contributed by atoms with E-state index in [-0.39, 0.29) is 0 Å². The average molecular weight is 263 g/mol. The Balaban J connectivity index is 2.71. The third kappa shape index (κ3) is 4.11. The number of aryl methyl sites for hydroxylation is 1. The quantitative estimate of drug-likeness (QED) is 0.829. The SMILES string of the molecule is Cc1cc(=O)n(CC(=O)NCC(F)(F)F)cc1N. The van der Waals surface area contributed by atoms with E-state index in [0.717, 1.165) is 4.57 Å². The lowest BCUT2D eigenvalue weighted by Gasteiger charge is -2.10. The lowest BCUT2D eigenvalue weighted by Crippen LogP contribution is -2.37. The molecule has 0 saturated heterocycles. The van der Waals surface area contributed by atoms with Gasteiger partial charge in [0.1, 0.15) is 13.1 Å². The number of nitrogens with two attached hydrogens (primary N) is 1. The number of anilines is 1. The van der Waals surface area contributed by atoms with E-state index in [0.29, 0.717) is 11.3 Å². The van der Waals surface area contributed by atoms with Crippen LogP contribution in [0, 0.1) is 6.92 Å². The van der Waals surface area contributed by atoms with E-state index in [1.807, 2.05) is 0 Å². The van der Waals surface area contributed by atoms with Crippen LogP contribution in [0.15, 0.2) is 17.1 Å². The third-order valence-corrected chi connectivity index (χ3v) is 2.17. The largest absolute Gasteiger partial charge is 0.405 e. The van der Waals surface area contributed by atoms with Crippen LogP contribution in [-0.4, -0.2) is 23.2 Å². The molecule has 0 bridgehead atoms. The topological polar surface area (TPSA) is 77.1 Å². The molecule has 1 aromatic heterocycles. The molecule has 0 atom stereocenters. The van der Waals surface area contributed by atoms with Gasteiger partial charge in [0.2, 0.25) is 5.91 Å². The van der Waals surface area contributed by atoms with Crippen molar-refractivity contribution in [2.24, 2.45) is 0 Å². The molecule has 0 radical (unpaired) electrons. The van der Waals surface area contributed by atoms with Crippen molar-refractivity contribution in [3.05, 3.63) is 28.2 Å². The monoisotopic (exact) mass is 263 g/mol. The van der Waals surface area contributed by atoms with Gasteiger partial charge < -0.3 is 15.6 Å². The maximum atomic E-state index is 11.8. The molecule has 1 heterocycles. The molecular formula is C10H12F3N3O2. The summed E-state index contributed by atoms with van der Waals surface area (Å²) in [6.45, 7) is -0.313. The summed E-state index contributed by atoms with van der Waals surface area (Å²) < 4.78 is 36.5. The molecule has 0 aliphatic rings. The highest BCUT2D eigenvalue weighted by molar-refractivity contribution is 5.75. The maximum absolute atomic E-state index is 11.8. The third-order valence-electron chi connectivity index (χ3n) is 2.17. The summed E-state index contributed by atoms with van der Waals surface area (Å²) >= 11 is 0. The van der Waals surface area contributed by atoms with Crippen molar-refractivity contribution >= 4 is 11.6 Å². The van der Waals surface area contributed by atoms with E-state index in [2.05, 4.69) is 0 Å². The van der Waals surface area contributed by atoms with Crippen molar-refractivity contribution in [3.8, 4) is 0 Å². The van der Waals surface area contributed by atoms with E-state index in [1.54, 1.807) is 12.2 Å². The second-order valence-electron chi connectivity index (χ2n) is 3.77. The fraction of sp³-hybridized carbons (Fsp3) is 0.400. The Morgan fingerprint density at radius 3 is 2.67 bits per heavy atom. The Morgan fingerprint density at radius 1 is 1.50 bits per heavy atom. The number of aromatic nitrogens is 1. The highest BCUT2D eigenvalue weighted by atomic mass is 19.4. The molecule has 0 fully saturated rings. The molecule has 0 saturated carbocycles. The van der Waals surface area contributed by atoms with Crippen LogP contribution in [0.1, 0.15) is 5.56 Å². The lowest BCUT2D eigenvalue weighted by molar-refractivity contribution is -0.138. The minimum Gasteiger partial charge on any atom is -0.397 e. The molecule has 8 heteroatoms. The fourth-order valence-corrected chi connectivity index (χ4v) is 1.22. The number of nitrogen functional groups attached to an aromatic ring is 1. The van der Waals surface area contributed by atoms with Crippen LogP contribution in [0.2, 0.25) is 0 Å². The molecular weight excluding hydrogens is 251 g/mol. The van der Waals surface area contributed by atoms with Crippen molar-refractivity contribution in [2.45, 2.75) is 19.6 Å². The number of rotatable bonds is 3. The number of nitrogens with zero attached hydrogens (tertiary/aromatic N) is 1. The lowest BCUT2D eigenvalue weighted by atomic mass is 10.2. The normalized spacial score (nSPS) is 11.3. The smallest absolute Gasteiger partial charge is 0.397 e. The van der Waals surface area contributed by atoms with Crippen LogP contribution in [-0.2, 0) is 11.3 Å². The summed E-state index contributed by atoms with van der Waals surface area (Å²) in [5, 5.41) is 1.67. The van der Waals surface area contributed by atoms with Gasteiger partial charge in [-0.3, -0.25) is 9.59 Å².